The summed E-state index contributed by atoms with van der Waals surface area (Å²) in [6, 6.07) is 0. The second kappa shape index (κ2) is 6.19. The number of hydrogen-bond acceptors (Lipinski definition) is 5. The van der Waals surface area contributed by atoms with E-state index in [-0.39, 0.29) is 11.8 Å². The number of alkyl halides is 3. The molecule has 0 saturated carbocycles. The van der Waals surface area contributed by atoms with Crippen molar-refractivity contribution in [1.29, 1.82) is 0 Å². The normalized spacial score (nSPS) is 19.8. The van der Waals surface area contributed by atoms with Crippen LogP contribution in [-0.2, 0) is 11.3 Å². The maximum Gasteiger partial charge on any atom is 0.408 e. The summed E-state index contributed by atoms with van der Waals surface area (Å²) in [4.78, 5) is 4.42. The molecule has 0 N–H and O–H groups in total. The van der Waals surface area contributed by atoms with Crippen molar-refractivity contribution < 1.29 is 22.4 Å². The molecule has 0 aromatic carbocycles. The maximum absolute atomic E-state index is 12.6. The predicted octanol–water partition coefficient (Wildman–Crippen LogP) is 3.10. The Morgan fingerprint density at radius 3 is 2.71 bits per heavy atom. The van der Waals surface area contributed by atoms with Gasteiger partial charge in [0.1, 0.15) is 6.54 Å². The van der Waals surface area contributed by atoms with Gasteiger partial charge < -0.3 is 9.26 Å². The summed E-state index contributed by atoms with van der Waals surface area (Å²) in [5, 5.41) is 8.01. The van der Waals surface area contributed by atoms with Crippen LogP contribution in [0.1, 0.15) is 53.8 Å². The Hall–Kier alpha value is -1.90. The lowest BCUT2D eigenvalue weighted by Crippen LogP contribution is -2.19. The summed E-state index contributed by atoms with van der Waals surface area (Å²) in [7, 11) is 0. The summed E-state index contributed by atoms with van der Waals surface area (Å²) < 4.78 is 49.6. The first kappa shape index (κ1) is 16.9. The molecule has 132 valence electrons. The predicted molar refractivity (Wildman–Crippen MR) is 77.7 cm³/mol. The Morgan fingerprint density at radius 1 is 1.33 bits per heavy atom. The third-order valence-corrected chi connectivity index (χ3v) is 4.32. The SMILES string of the molecule is Cc1nn(CC(F)(F)F)c(C)c1[C@H](C)c1nc([C@H]2CCOC2)no1. The number of aryl methyl sites for hydroxylation is 1. The molecule has 0 aliphatic carbocycles. The summed E-state index contributed by atoms with van der Waals surface area (Å²) in [5.74, 6) is 0.766. The Kier molecular flexibility index (Phi) is 4.37. The third-order valence-electron chi connectivity index (χ3n) is 4.32. The zero-order valence-electron chi connectivity index (χ0n) is 13.7. The smallest absolute Gasteiger partial charge is 0.381 e. The first-order valence-corrected chi connectivity index (χ1v) is 7.78. The number of nitrogens with zero attached hydrogens (tertiary/aromatic N) is 4. The van der Waals surface area contributed by atoms with Crippen LogP contribution in [0.5, 0.6) is 0 Å². The van der Waals surface area contributed by atoms with E-state index in [4.69, 9.17) is 9.26 Å². The number of hydrogen-bond donors (Lipinski definition) is 0. The molecule has 3 heterocycles. The van der Waals surface area contributed by atoms with Crippen LogP contribution < -0.4 is 0 Å². The molecule has 1 aliphatic heterocycles. The average molecular weight is 344 g/mol. The molecule has 1 fully saturated rings. The highest BCUT2D eigenvalue weighted by Gasteiger charge is 2.32. The van der Waals surface area contributed by atoms with E-state index in [2.05, 4.69) is 15.2 Å². The first-order valence-electron chi connectivity index (χ1n) is 7.78. The number of ether oxygens (including phenoxy) is 1. The fourth-order valence-corrected chi connectivity index (χ4v) is 3.11. The molecule has 0 unspecified atom stereocenters. The zero-order chi connectivity index (χ0) is 17.5. The van der Waals surface area contributed by atoms with E-state index in [1.54, 1.807) is 13.8 Å². The van der Waals surface area contributed by atoms with Crippen LogP contribution in [0.2, 0.25) is 0 Å². The summed E-state index contributed by atoms with van der Waals surface area (Å²) in [5.41, 5.74) is 1.69. The average Bonchev–Trinajstić information content (AvgIpc) is 3.19. The van der Waals surface area contributed by atoms with Crippen molar-refractivity contribution >= 4 is 0 Å². The Labute approximate surface area is 137 Å². The molecule has 0 radical (unpaired) electrons. The maximum atomic E-state index is 12.6. The highest BCUT2D eigenvalue weighted by molar-refractivity contribution is 5.32. The molecule has 0 amide bonds. The van der Waals surface area contributed by atoms with Crippen molar-refractivity contribution in [3.8, 4) is 0 Å². The minimum Gasteiger partial charge on any atom is -0.381 e. The standard InChI is InChI=1S/C15H19F3N4O2/c1-8(14-19-13(21-24-14)11-4-5-23-6-11)12-9(2)20-22(10(12)3)7-15(16,17)18/h8,11H,4-7H2,1-3H3/t8-,11-/m0/s1. The van der Waals surface area contributed by atoms with Crippen LogP contribution in [0.4, 0.5) is 13.2 Å². The molecular formula is C15H19F3N4O2. The van der Waals surface area contributed by atoms with E-state index in [9.17, 15) is 13.2 Å². The lowest BCUT2D eigenvalue weighted by molar-refractivity contribution is -0.142. The number of halogens is 3. The molecule has 24 heavy (non-hydrogen) atoms. The van der Waals surface area contributed by atoms with Gasteiger partial charge in [-0.1, -0.05) is 5.16 Å². The lowest BCUT2D eigenvalue weighted by Gasteiger charge is -2.10. The first-order chi connectivity index (χ1) is 11.3. The summed E-state index contributed by atoms with van der Waals surface area (Å²) >= 11 is 0. The second-order valence-corrected chi connectivity index (χ2v) is 6.13. The van der Waals surface area contributed by atoms with E-state index in [0.29, 0.717) is 41.9 Å². The topological polar surface area (TPSA) is 66.0 Å². The largest absolute Gasteiger partial charge is 0.408 e. The molecular weight excluding hydrogens is 325 g/mol. The van der Waals surface area contributed by atoms with Crippen LogP contribution >= 0.6 is 0 Å². The fraction of sp³-hybridized carbons (Fsp3) is 0.667. The summed E-state index contributed by atoms with van der Waals surface area (Å²) in [6.07, 6.45) is -3.47. The van der Waals surface area contributed by atoms with Gasteiger partial charge in [-0.3, -0.25) is 4.68 Å². The van der Waals surface area contributed by atoms with Gasteiger partial charge in [0.05, 0.1) is 18.2 Å². The van der Waals surface area contributed by atoms with Gasteiger partial charge in [-0.25, -0.2) is 0 Å². The van der Waals surface area contributed by atoms with Crippen LogP contribution in [0.3, 0.4) is 0 Å². The molecule has 1 aliphatic rings. The molecule has 9 heteroatoms. The van der Waals surface area contributed by atoms with Crippen LogP contribution in [0.15, 0.2) is 4.52 Å². The van der Waals surface area contributed by atoms with Crippen molar-refractivity contribution in [3.63, 3.8) is 0 Å². The molecule has 2 atom stereocenters. The van der Waals surface area contributed by atoms with Crippen molar-refractivity contribution in [3.05, 3.63) is 28.7 Å². The van der Waals surface area contributed by atoms with Crippen LogP contribution in [0, 0.1) is 13.8 Å². The molecule has 2 aromatic heterocycles. The van der Waals surface area contributed by atoms with E-state index >= 15 is 0 Å². The van der Waals surface area contributed by atoms with E-state index in [1.807, 2.05) is 6.92 Å². The second-order valence-electron chi connectivity index (χ2n) is 6.13. The van der Waals surface area contributed by atoms with Gasteiger partial charge >= 0.3 is 6.18 Å². The Morgan fingerprint density at radius 2 is 2.08 bits per heavy atom. The number of aromatic nitrogens is 4. The van der Waals surface area contributed by atoms with E-state index < -0.39 is 12.7 Å². The van der Waals surface area contributed by atoms with Gasteiger partial charge in [0.25, 0.3) is 0 Å². The molecule has 0 spiro atoms. The van der Waals surface area contributed by atoms with Crippen molar-refractivity contribution in [2.45, 2.75) is 51.7 Å². The van der Waals surface area contributed by atoms with Gasteiger partial charge in [-0.15, -0.1) is 0 Å². The van der Waals surface area contributed by atoms with E-state index in [0.717, 1.165) is 11.1 Å². The van der Waals surface area contributed by atoms with Gasteiger partial charge in [0, 0.05) is 23.8 Å². The molecule has 2 aromatic rings. The lowest BCUT2D eigenvalue weighted by atomic mass is 9.99. The highest BCUT2D eigenvalue weighted by Crippen LogP contribution is 2.31. The quantitative estimate of drug-likeness (QED) is 0.853. The Bertz CT molecular complexity index is 717. The fourth-order valence-electron chi connectivity index (χ4n) is 3.11. The molecule has 1 saturated heterocycles. The van der Waals surface area contributed by atoms with Crippen LogP contribution in [-0.4, -0.2) is 39.3 Å². The Balaban J connectivity index is 1.86. The zero-order valence-corrected chi connectivity index (χ0v) is 13.7. The minimum atomic E-state index is -4.32. The molecule has 6 nitrogen and oxygen atoms in total. The highest BCUT2D eigenvalue weighted by atomic mass is 19.4. The monoisotopic (exact) mass is 344 g/mol. The minimum absolute atomic E-state index is 0.116. The van der Waals surface area contributed by atoms with Gasteiger partial charge in [-0.05, 0) is 27.2 Å². The van der Waals surface area contributed by atoms with Gasteiger partial charge in [0.2, 0.25) is 5.89 Å². The van der Waals surface area contributed by atoms with E-state index in [1.165, 1.54) is 0 Å². The van der Waals surface area contributed by atoms with Crippen molar-refractivity contribution in [1.82, 2.24) is 19.9 Å². The van der Waals surface area contributed by atoms with Crippen molar-refractivity contribution in [2.75, 3.05) is 13.2 Å². The van der Waals surface area contributed by atoms with Crippen LogP contribution in [0.25, 0.3) is 0 Å². The molecule has 0 bridgehead atoms. The van der Waals surface area contributed by atoms with Gasteiger partial charge in [0.15, 0.2) is 5.82 Å². The van der Waals surface area contributed by atoms with Gasteiger partial charge in [-0.2, -0.15) is 23.3 Å². The molecule has 3 rings (SSSR count). The van der Waals surface area contributed by atoms with Crippen molar-refractivity contribution in [2.24, 2.45) is 0 Å². The number of rotatable bonds is 4. The third kappa shape index (κ3) is 3.31. The summed E-state index contributed by atoms with van der Waals surface area (Å²) in [6.45, 7) is 5.27.